The highest BCUT2D eigenvalue weighted by Gasteiger charge is 2.04. The monoisotopic (exact) mass is 304 g/mol. The minimum atomic E-state index is -0.203. The lowest BCUT2D eigenvalue weighted by Crippen LogP contribution is -2.08. The normalized spacial score (nSPS) is 10.8. The van der Waals surface area contributed by atoms with E-state index in [0.29, 0.717) is 5.69 Å². The van der Waals surface area contributed by atoms with Gasteiger partial charge in [0, 0.05) is 17.7 Å². The van der Waals surface area contributed by atoms with Gasteiger partial charge >= 0.3 is 0 Å². The second kappa shape index (κ2) is 6.75. The zero-order chi connectivity index (χ0) is 16.1. The van der Waals surface area contributed by atoms with Gasteiger partial charge in [0.25, 0.3) is 0 Å². The fraction of sp³-hybridized carbons (Fsp3) is 0.0526. The van der Waals surface area contributed by atoms with Gasteiger partial charge in [-0.15, -0.1) is 0 Å². The van der Waals surface area contributed by atoms with Crippen LogP contribution in [0.2, 0.25) is 0 Å². The van der Waals surface area contributed by atoms with Crippen molar-refractivity contribution in [3.8, 4) is 5.75 Å². The van der Waals surface area contributed by atoms with Crippen molar-refractivity contribution in [3.05, 3.63) is 72.4 Å². The number of hydrogen-bond acceptors (Lipinski definition) is 3. The number of carbonyl (C=O) groups is 1. The molecule has 3 aromatic rings. The van der Waals surface area contributed by atoms with Crippen molar-refractivity contribution in [2.75, 3.05) is 12.4 Å². The Labute approximate surface area is 134 Å². The van der Waals surface area contributed by atoms with Crippen molar-refractivity contribution in [3.63, 3.8) is 0 Å². The van der Waals surface area contributed by atoms with Crippen LogP contribution in [0, 0.1) is 0 Å². The van der Waals surface area contributed by atoms with Crippen molar-refractivity contribution in [1.29, 1.82) is 0 Å². The Morgan fingerprint density at radius 2 is 1.96 bits per heavy atom. The minimum absolute atomic E-state index is 0.203. The summed E-state index contributed by atoms with van der Waals surface area (Å²) in [6.45, 7) is 0. The first-order valence-electron chi connectivity index (χ1n) is 7.23. The van der Waals surface area contributed by atoms with Gasteiger partial charge < -0.3 is 10.1 Å². The molecule has 23 heavy (non-hydrogen) atoms. The molecule has 0 radical (unpaired) electrons. The van der Waals surface area contributed by atoms with Crippen LogP contribution in [0.15, 0.2) is 66.9 Å². The number of pyridine rings is 1. The molecule has 4 heteroatoms. The molecule has 1 N–H and O–H groups in total. The number of ether oxygens (including phenoxy) is 1. The summed E-state index contributed by atoms with van der Waals surface area (Å²) in [5.41, 5.74) is 2.37. The summed E-state index contributed by atoms with van der Waals surface area (Å²) in [7, 11) is 1.61. The smallest absolute Gasteiger partial charge is 0.248 e. The van der Waals surface area contributed by atoms with Crippen LogP contribution in [0.5, 0.6) is 5.75 Å². The van der Waals surface area contributed by atoms with E-state index in [-0.39, 0.29) is 5.91 Å². The molecule has 1 heterocycles. The van der Waals surface area contributed by atoms with Crippen molar-refractivity contribution in [2.45, 2.75) is 0 Å². The Balaban J connectivity index is 1.77. The van der Waals surface area contributed by atoms with E-state index in [2.05, 4.69) is 10.3 Å². The molecular weight excluding hydrogens is 288 g/mol. The van der Waals surface area contributed by atoms with Gasteiger partial charge in [-0.25, -0.2) is 0 Å². The fourth-order valence-corrected chi connectivity index (χ4v) is 2.30. The maximum Gasteiger partial charge on any atom is 0.248 e. The summed E-state index contributed by atoms with van der Waals surface area (Å²) in [6.07, 6.45) is 4.96. The molecule has 4 nitrogen and oxygen atoms in total. The number of para-hydroxylation sites is 1. The Bertz CT molecular complexity index is 867. The zero-order valence-electron chi connectivity index (χ0n) is 12.7. The predicted molar refractivity (Wildman–Crippen MR) is 92.4 cm³/mol. The maximum atomic E-state index is 12.1. The van der Waals surface area contributed by atoms with E-state index < -0.39 is 0 Å². The lowest BCUT2D eigenvalue weighted by molar-refractivity contribution is -0.111. The molecule has 0 unspecified atom stereocenters. The lowest BCUT2D eigenvalue weighted by atomic mass is 10.2. The van der Waals surface area contributed by atoms with Crippen LogP contribution in [-0.2, 0) is 4.79 Å². The number of carbonyl (C=O) groups excluding carboxylic acids is 1. The predicted octanol–water partition coefficient (Wildman–Crippen LogP) is 3.90. The van der Waals surface area contributed by atoms with Gasteiger partial charge in [-0.3, -0.25) is 9.78 Å². The first-order chi connectivity index (χ1) is 11.3. The summed E-state index contributed by atoms with van der Waals surface area (Å²) in [5.74, 6) is 0.553. The van der Waals surface area contributed by atoms with E-state index in [1.807, 2.05) is 54.6 Å². The van der Waals surface area contributed by atoms with Gasteiger partial charge in [0.05, 0.1) is 18.3 Å². The number of rotatable bonds is 4. The summed E-state index contributed by atoms with van der Waals surface area (Å²) < 4.78 is 5.16. The fourth-order valence-electron chi connectivity index (χ4n) is 2.30. The molecular formula is C19H16N2O2. The van der Waals surface area contributed by atoms with Crippen LogP contribution in [0.25, 0.3) is 17.0 Å². The molecule has 0 saturated carbocycles. The highest BCUT2D eigenvalue weighted by molar-refractivity contribution is 6.06. The summed E-state index contributed by atoms with van der Waals surface area (Å²) >= 11 is 0. The number of anilines is 1. The molecule has 0 aliphatic carbocycles. The molecule has 0 aliphatic rings. The number of nitrogens with one attached hydrogen (secondary N) is 1. The summed E-state index contributed by atoms with van der Waals surface area (Å²) in [4.78, 5) is 16.4. The maximum absolute atomic E-state index is 12.1. The SMILES string of the molecule is COc1cccc(/C=C/C(=O)Nc2cccc3cccnc23)c1. The highest BCUT2D eigenvalue weighted by Crippen LogP contribution is 2.20. The molecule has 0 saturated heterocycles. The van der Waals surface area contributed by atoms with E-state index >= 15 is 0 Å². The molecule has 2 aromatic carbocycles. The minimum Gasteiger partial charge on any atom is -0.497 e. The topological polar surface area (TPSA) is 51.2 Å². The first-order valence-corrected chi connectivity index (χ1v) is 7.23. The van der Waals surface area contributed by atoms with Gasteiger partial charge in [-0.2, -0.15) is 0 Å². The van der Waals surface area contributed by atoms with Crippen LogP contribution >= 0.6 is 0 Å². The summed E-state index contributed by atoms with van der Waals surface area (Å²) in [5, 5.41) is 3.85. The first kappa shape index (κ1) is 14.8. The molecule has 3 rings (SSSR count). The number of nitrogens with zero attached hydrogens (tertiary/aromatic N) is 1. The van der Waals surface area contributed by atoms with Gasteiger partial charge in [0.15, 0.2) is 0 Å². The Morgan fingerprint density at radius 1 is 1.13 bits per heavy atom. The van der Waals surface area contributed by atoms with Crippen molar-refractivity contribution >= 4 is 28.6 Å². The van der Waals surface area contributed by atoms with Crippen molar-refractivity contribution < 1.29 is 9.53 Å². The molecule has 114 valence electrons. The number of hydrogen-bond donors (Lipinski definition) is 1. The molecule has 1 aromatic heterocycles. The molecule has 0 spiro atoms. The Morgan fingerprint density at radius 3 is 2.83 bits per heavy atom. The average molecular weight is 304 g/mol. The number of fused-ring (bicyclic) bond motifs is 1. The summed E-state index contributed by atoms with van der Waals surface area (Å²) in [6, 6.07) is 17.0. The average Bonchev–Trinajstić information content (AvgIpc) is 2.60. The second-order valence-electron chi connectivity index (χ2n) is 4.98. The van der Waals surface area contributed by atoms with Gasteiger partial charge in [0.1, 0.15) is 5.75 Å². The van der Waals surface area contributed by atoms with Crippen LogP contribution in [-0.4, -0.2) is 18.0 Å². The van der Waals surface area contributed by atoms with E-state index in [1.165, 1.54) is 6.08 Å². The number of amides is 1. The van der Waals surface area contributed by atoms with Crippen molar-refractivity contribution in [2.24, 2.45) is 0 Å². The largest absolute Gasteiger partial charge is 0.497 e. The van der Waals surface area contributed by atoms with E-state index in [9.17, 15) is 4.79 Å². The van der Waals surface area contributed by atoms with E-state index in [4.69, 9.17) is 4.74 Å². The lowest BCUT2D eigenvalue weighted by Gasteiger charge is -2.05. The third-order valence-electron chi connectivity index (χ3n) is 3.41. The third kappa shape index (κ3) is 3.55. The van der Waals surface area contributed by atoms with Crippen LogP contribution in [0.4, 0.5) is 5.69 Å². The zero-order valence-corrected chi connectivity index (χ0v) is 12.7. The van der Waals surface area contributed by atoms with Crippen LogP contribution in [0.1, 0.15) is 5.56 Å². The second-order valence-corrected chi connectivity index (χ2v) is 4.98. The van der Waals surface area contributed by atoms with Crippen LogP contribution in [0.3, 0.4) is 0 Å². The van der Waals surface area contributed by atoms with Gasteiger partial charge in [0.2, 0.25) is 5.91 Å². The van der Waals surface area contributed by atoms with Crippen LogP contribution < -0.4 is 10.1 Å². The van der Waals surface area contributed by atoms with Gasteiger partial charge in [-0.05, 0) is 35.9 Å². The number of aromatic nitrogens is 1. The third-order valence-corrected chi connectivity index (χ3v) is 3.41. The molecule has 0 aliphatic heterocycles. The standard InChI is InChI=1S/C19H16N2O2/c1-23-16-8-2-5-14(13-16)10-11-18(22)21-17-9-3-6-15-7-4-12-20-19(15)17/h2-13H,1H3,(H,21,22)/b11-10+. The number of benzene rings is 2. The van der Waals surface area contributed by atoms with E-state index in [0.717, 1.165) is 22.2 Å². The Hall–Kier alpha value is -3.14. The van der Waals surface area contributed by atoms with Gasteiger partial charge in [-0.1, -0.05) is 30.3 Å². The number of methoxy groups -OCH3 is 1. The Kier molecular flexibility index (Phi) is 4.34. The molecule has 0 atom stereocenters. The van der Waals surface area contributed by atoms with Crippen molar-refractivity contribution in [1.82, 2.24) is 4.98 Å². The molecule has 0 bridgehead atoms. The highest BCUT2D eigenvalue weighted by atomic mass is 16.5. The molecule has 0 fully saturated rings. The quantitative estimate of drug-likeness (QED) is 0.744. The molecule has 1 amide bonds. The van der Waals surface area contributed by atoms with E-state index in [1.54, 1.807) is 19.4 Å².